The Morgan fingerprint density at radius 2 is 2.03 bits per heavy atom. The highest BCUT2D eigenvalue weighted by Crippen LogP contribution is 2.40. The molecule has 1 saturated heterocycles. The van der Waals surface area contributed by atoms with Gasteiger partial charge in [0.2, 0.25) is 11.8 Å². The Morgan fingerprint density at radius 3 is 2.71 bits per heavy atom. The second-order valence-electron chi connectivity index (χ2n) is 6.98. The zero-order chi connectivity index (χ0) is 22.0. The third-order valence-corrected chi connectivity index (χ3v) is 5.25. The molecule has 3 heterocycles. The minimum Gasteiger partial charge on any atom is -0.477 e. The van der Waals surface area contributed by atoms with Crippen molar-refractivity contribution in [2.75, 3.05) is 38.2 Å². The fraction of sp³-hybridized carbons (Fsp3) is 0.400. The van der Waals surface area contributed by atoms with E-state index in [0.29, 0.717) is 23.8 Å². The largest absolute Gasteiger partial charge is 0.477 e. The van der Waals surface area contributed by atoms with Crippen molar-refractivity contribution in [2.24, 2.45) is 0 Å². The van der Waals surface area contributed by atoms with E-state index in [0.717, 1.165) is 5.39 Å². The number of H-pyrrole nitrogens is 1. The van der Waals surface area contributed by atoms with Crippen LogP contribution in [-0.4, -0.2) is 58.9 Å². The lowest BCUT2D eigenvalue weighted by Gasteiger charge is -2.35. The van der Waals surface area contributed by atoms with Crippen LogP contribution in [0.2, 0.25) is 5.02 Å². The molecule has 3 aromatic rings. The molecular formula is C20H21ClF3N5O2. The molecule has 0 radical (unpaired) electrons. The molecule has 1 aliphatic rings. The number of hydrogen-bond acceptors (Lipinski definition) is 6. The van der Waals surface area contributed by atoms with E-state index in [4.69, 9.17) is 21.1 Å². The molecule has 0 saturated carbocycles. The Morgan fingerprint density at radius 1 is 1.26 bits per heavy atom. The number of ether oxygens (including phenoxy) is 2. The fourth-order valence-electron chi connectivity index (χ4n) is 3.58. The zero-order valence-electron chi connectivity index (χ0n) is 16.7. The first kappa shape index (κ1) is 21.7. The van der Waals surface area contributed by atoms with Gasteiger partial charge in [0.05, 0.1) is 35.9 Å². The van der Waals surface area contributed by atoms with E-state index in [1.807, 2.05) is 6.92 Å². The van der Waals surface area contributed by atoms with Gasteiger partial charge in [0, 0.05) is 19.3 Å². The highest BCUT2D eigenvalue weighted by Gasteiger charge is 2.45. The highest BCUT2D eigenvalue weighted by atomic mass is 35.5. The predicted octanol–water partition coefficient (Wildman–Crippen LogP) is 4.69. The molecular weight excluding hydrogens is 435 g/mol. The van der Waals surface area contributed by atoms with Gasteiger partial charge in [-0.25, -0.2) is 0 Å². The average molecular weight is 456 g/mol. The number of aromatic amines is 1. The summed E-state index contributed by atoms with van der Waals surface area (Å²) in [7, 11) is 0. The number of aromatic nitrogens is 3. The lowest BCUT2D eigenvalue weighted by atomic mass is 10.0. The fourth-order valence-corrected chi connectivity index (χ4v) is 3.82. The molecule has 0 aliphatic carbocycles. The maximum absolute atomic E-state index is 13.8. The summed E-state index contributed by atoms with van der Waals surface area (Å²) in [6.45, 7) is 3.20. The Balaban J connectivity index is 1.62. The first-order valence-corrected chi connectivity index (χ1v) is 10.2. The van der Waals surface area contributed by atoms with Gasteiger partial charge in [-0.15, -0.1) is 0 Å². The van der Waals surface area contributed by atoms with Crippen LogP contribution in [0, 0.1) is 0 Å². The molecule has 2 N–H and O–H groups in total. The molecule has 0 spiro atoms. The van der Waals surface area contributed by atoms with Crippen LogP contribution in [0.4, 0.5) is 24.8 Å². The van der Waals surface area contributed by atoms with Crippen molar-refractivity contribution in [1.82, 2.24) is 19.9 Å². The van der Waals surface area contributed by atoms with Gasteiger partial charge in [0.25, 0.3) is 0 Å². The third kappa shape index (κ3) is 4.70. The summed E-state index contributed by atoms with van der Waals surface area (Å²) in [5.74, 6) is 0.613. The summed E-state index contributed by atoms with van der Waals surface area (Å²) in [4.78, 5) is 13.1. The zero-order valence-corrected chi connectivity index (χ0v) is 17.4. The second-order valence-corrected chi connectivity index (χ2v) is 7.39. The molecule has 1 atom stereocenters. The van der Waals surface area contributed by atoms with Crippen LogP contribution in [-0.2, 0) is 4.74 Å². The first-order chi connectivity index (χ1) is 14.9. The standard InChI is InChI=1S/C20H21ClF3N5O2/c1-2-31-18-13-5-6-25-17(13)27-19(28-18)26-15-4-3-12(11-14(15)21)16(20(22,23)24)29-7-9-30-10-8-29/h3-6,11,16H,2,7-10H2,1H3,(H2,25,26,27,28). The average Bonchev–Trinajstić information content (AvgIpc) is 3.19. The van der Waals surface area contributed by atoms with E-state index in [1.165, 1.54) is 23.1 Å². The van der Waals surface area contributed by atoms with Gasteiger partial charge in [-0.3, -0.25) is 4.90 Å². The van der Waals surface area contributed by atoms with Crippen LogP contribution >= 0.6 is 11.6 Å². The highest BCUT2D eigenvalue weighted by molar-refractivity contribution is 6.33. The minimum absolute atomic E-state index is 0.0701. The Kier molecular flexibility index (Phi) is 6.22. The summed E-state index contributed by atoms with van der Waals surface area (Å²) in [5, 5.41) is 3.83. The van der Waals surface area contributed by atoms with Crippen LogP contribution < -0.4 is 10.1 Å². The summed E-state index contributed by atoms with van der Waals surface area (Å²) in [5.41, 5.74) is 1.03. The molecule has 166 valence electrons. The number of morpholine rings is 1. The number of benzene rings is 1. The molecule has 11 heteroatoms. The minimum atomic E-state index is -4.44. The molecule has 1 unspecified atom stereocenters. The molecule has 1 fully saturated rings. The quantitative estimate of drug-likeness (QED) is 0.561. The first-order valence-electron chi connectivity index (χ1n) is 9.79. The van der Waals surface area contributed by atoms with Crippen LogP contribution in [0.15, 0.2) is 30.5 Å². The summed E-state index contributed by atoms with van der Waals surface area (Å²) in [6.07, 6.45) is -2.72. The van der Waals surface area contributed by atoms with E-state index in [1.54, 1.807) is 12.3 Å². The molecule has 0 amide bonds. The van der Waals surface area contributed by atoms with Crippen LogP contribution in [0.5, 0.6) is 5.88 Å². The van der Waals surface area contributed by atoms with Gasteiger partial charge in [-0.05, 0) is 30.7 Å². The Labute approximate surface area is 181 Å². The third-order valence-electron chi connectivity index (χ3n) is 4.94. The van der Waals surface area contributed by atoms with Crippen molar-refractivity contribution >= 4 is 34.3 Å². The van der Waals surface area contributed by atoms with E-state index < -0.39 is 12.2 Å². The van der Waals surface area contributed by atoms with Crippen LogP contribution in [0.1, 0.15) is 18.5 Å². The molecule has 4 rings (SSSR count). The molecule has 0 bridgehead atoms. The number of nitrogens with zero attached hydrogens (tertiary/aromatic N) is 3. The number of nitrogens with one attached hydrogen (secondary N) is 2. The Bertz CT molecular complexity index is 1050. The van der Waals surface area contributed by atoms with Crippen LogP contribution in [0.3, 0.4) is 0 Å². The second kappa shape index (κ2) is 8.89. The number of fused-ring (bicyclic) bond motifs is 1. The van der Waals surface area contributed by atoms with E-state index in [-0.39, 0.29) is 42.8 Å². The van der Waals surface area contributed by atoms with E-state index in [9.17, 15) is 13.2 Å². The van der Waals surface area contributed by atoms with Crippen molar-refractivity contribution in [3.63, 3.8) is 0 Å². The van der Waals surface area contributed by atoms with Crippen molar-refractivity contribution in [1.29, 1.82) is 0 Å². The monoisotopic (exact) mass is 455 g/mol. The molecule has 1 aromatic carbocycles. The van der Waals surface area contributed by atoms with Gasteiger partial charge in [-0.1, -0.05) is 17.7 Å². The van der Waals surface area contributed by atoms with Crippen molar-refractivity contribution in [3.05, 3.63) is 41.0 Å². The summed E-state index contributed by atoms with van der Waals surface area (Å²) < 4.78 is 52.2. The lowest BCUT2D eigenvalue weighted by molar-refractivity contribution is -0.194. The number of alkyl halides is 3. The summed E-state index contributed by atoms with van der Waals surface area (Å²) >= 11 is 6.34. The predicted molar refractivity (Wildman–Crippen MR) is 111 cm³/mol. The van der Waals surface area contributed by atoms with Gasteiger partial charge < -0.3 is 19.8 Å². The van der Waals surface area contributed by atoms with Crippen molar-refractivity contribution in [2.45, 2.75) is 19.1 Å². The number of rotatable bonds is 6. The van der Waals surface area contributed by atoms with Crippen molar-refractivity contribution in [3.8, 4) is 5.88 Å². The lowest BCUT2D eigenvalue weighted by Crippen LogP contribution is -2.44. The van der Waals surface area contributed by atoms with Crippen LogP contribution in [0.25, 0.3) is 11.0 Å². The van der Waals surface area contributed by atoms with Gasteiger partial charge in [-0.2, -0.15) is 23.1 Å². The molecule has 31 heavy (non-hydrogen) atoms. The van der Waals surface area contributed by atoms with Gasteiger partial charge in [0.15, 0.2) is 0 Å². The smallest absolute Gasteiger partial charge is 0.408 e. The number of anilines is 2. The van der Waals surface area contributed by atoms with E-state index >= 15 is 0 Å². The van der Waals surface area contributed by atoms with Gasteiger partial charge >= 0.3 is 6.18 Å². The molecule has 1 aliphatic heterocycles. The maximum Gasteiger partial charge on any atom is 0.408 e. The maximum atomic E-state index is 13.8. The molecule has 7 nitrogen and oxygen atoms in total. The number of halogens is 4. The number of hydrogen-bond donors (Lipinski definition) is 2. The SMILES string of the molecule is CCOc1nc(Nc2ccc(C(N3CCOCC3)C(F)(F)F)cc2Cl)nc2[nH]ccc12. The normalized spacial score (nSPS) is 16.4. The van der Waals surface area contributed by atoms with E-state index in [2.05, 4.69) is 20.3 Å². The van der Waals surface area contributed by atoms with Gasteiger partial charge in [0.1, 0.15) is 11.7 Å². The summed E-state index contributed by atoms with van der Waals surface area (Å²) in [6, 6.07) is 4.29. The molecule has 2 aromatic heterocycles. The van der Waals surface area contributed by atoms with Crippen molar-refractivity contribution < 1.29 is 22.6 Å². The Hall–Kier alpha value is -2.56. The topological polar surface area (TPSA) is 75.3 Å².